The van der Waals surface area contributed by atoms with Crippen LogP contribution in [0.2, 0.25) is 0 Å². The van der Waals surface area contributed by atoms with E-state index in [-0.39, 0.29) is 31.5 Å². The molecule has 0 bridgehead atoms. The third kappa shape index (κ3) is 3.89. The van der Waals surface area contributed by atoms with Gasteiger partial charge in [0.1, 0.15) is 0 Å². The molecule has 0 fully saturated rings. The number of benzene rings is 1. The number of carbonyl (C=O) groups is 1. The topological polar surface area (TPSA) is 61.8 Å². The SMILES string of the molecule is COc1ccc(CNC(=O)N(C)CCO)cc1F. The number of carbonyl (C=O) groups excluding carboxylic acids is 1. The highest BCUT2D eigenvalue weighted by Crippen LogP contribution is 2.17. The second-order valence-electron chi connectivity index (χ2n) is 3.77. The van der Waals surface area contributed by atoms with E-state index >= 15 is 0 Å². The van der Waals surface area contributed by atoms with Gasteiger partial charge in [-0.05, 0) is 17.7 Å². The Kier molecular flexibility index (Phi) is 5.38. The van der Waals surface area contributed by atoms with Crippen LogP contribution >= 0.6 is 0 Å². The molecule has 6 heteroatoms. The first kappa shape index (κ1) is 14.2. The normalized spacial score (nSPS) is 10.0. The Balaban J connectivity index is 2.53. The molecule has 1 aromatic carbocycles. The zero-order valence-corrected chi connectivity index (χ0v) is 10.4. The molecule has 100 valence electrons. The van der Waals surface area contributed by atoms with Crippen molar-refractivity contribution >= 4 is 6.03 Å². The number of aliphatic hydroxyl groups is 1. The molecule has 2 N–H and O–H groups in total. The minimum absolute atomic E-state index is 0.0961. The van der Waals surface area contributed by atoms with Crippen molar-refractivity contribution in [3.63, 3.8) is 0 Å². The first-order valence-corrected chi connectivity index (χ1v) is 5.50. The van der Waals surface area contributed by atoms with E-state index in [9.17, 15) is 9.18 Å². The van der Waals surface area contributed by atoms with Crippen molar-refractivity contribution in [2.45, 2.75) is 6.54 Å². The lowest BCUT2D eigenvalue weighted by molar-refractivity contribution is 0.190. The monoisotopic (exact) mass is 256 g/mol. The lowest BCUT2D eigenvalue weighted by Gasteiger charge is -2.16. The van der Waals surface area contributed by atoms with E-state index in [1.54, 1.807) is 13.1 Å². The number of hydrogen-bond acceptors (Lipinski definition) is 3. The summed E-state index contributed by atoms with van der Waals surface area (Å²) in [6.45, 7) is 0.374. The molecule has 0 saturated heterocycles. The molecule has 2 amide bonds. The zero-order valence-electron chi connectivity index (χ0n) is 10.4. The zero-order chi connectivity index (χ0) is 13.5. The largest absolute Gasteiger partial charge is 0.494 e. The molecular weight excluding hydrogens is 239 g/mol. The van der Waals surface area contributed by atoms with Crippen LogP contribution in [-0.2, 0) is 6.54 Å². The number of methoxy groups -OCH3 is 1. The van der Waals surface area contributed by atoms with Gasteiger partial charge in [0.15, 0.2) is 11.6 Å². The van der Waals surface area contributed by atoms with E-state index in [4.69, 9.17) is 9.84 Å². The summed E-state index contributed by atoms with van der Waals surface area (Å²) in [6.07, 6.45) is 0. The van der Waals surface area contributed by atoms with Gasteiger partial charge < -0.3 is 20.1 Å². The molecule has 0 aromatic heterocycles. The van der Waals surface area contributed by atoms with E-state index in [1.807, 2.05) is 0 Å². The Morgan fingerprint density at radius 3 is 2.83 bits per heavy atom. The smallest absolute Gasteiger partial charge is 0.317 e. The van der Waals surface area contributed by atoms with Crippen molar-refractivity contribution in [1.82, 2.24) is 10.2 Å². The predicted molar refractivity (Wildman–Crippen MR) is 64.9 cm³/mol. The van der Waals surface area contributed by atoms with E-state index in [1.165, 1.54) is 24.1 Å². The Morgan fingerprint density at radius 2 is 2.28 bits per heavy atom. The maximum atomic E-state index is 13.4. The second-order valence-corrected chi connectivity index (χ2v) is 3.77. The van der Waals surface area contributed by atoms with Gasteiger partial charge in [-0.3, -0.25) is 0 Å². The number of nitrogens with zero attached hydrogens (tertiary/aromatic N) is 1. The molecule has 0 aliphatic rings. The molecule has 0 radical (unpaired) electrons. The van der Waals surface area contributed by atoms with Gasteiger partial charge in [-0.15, -0.1) is 0 Å². The van der Waals surface area contributed by atoms with Crippen molar-refractivity contribution < 1.29 is 19.0 Å². The molecule has 5 nitrogen and oxygen atoms in total. The van der Waals surface area contributed by atoms with Gasteiger partial charge in [-0.2, -0.15) is 0 Å². The van der Waals surface area contributed by atoms with Gasteiger partial charge in [0.05, 0.1) is 13.7 Å². The number of hydrogen-bond donors (Lipinski definition) is 2. The summed E-state index contributed by atoms with van der Waals surface area (Å²) in [6, 6.07) is 4.17. The van der Waals surface area contributed by atoms with Crippen LogP contribution in [-0.4, -0.2) is 43.3 Å². The highest BCUT2D eigenvalue weighted by atomic mass is 19.1. The number of amides is 2. The number of aliphatic hydroxyl groups excluding tert-OH is 1. The molecule has 0 unspecified atom stereocenters. The summed E-state index contributed by atoms with van der Waals surface area (Å²) in [7, 11) is 2.96. The highest BCUT2D eigenvalue weighted by molar-refractivity contribution is 5.73. The Labute approximate surface area is 105 Å². The van der Waals surface area contributed by atoms with Crippen LogP contribution in [0.5, 0.6) is 5.75 Å². The maximum absolute atomic E-state index is 13.4. The van der Waals surface area contributed by atoms with Crippen LogP contribution in [0.3, 0.4) is 0 Å². The van der Waals surface area contributed by atoms with E-state index in [0.717, 1.165) is 0 Å². The number of nitrogens with one attached hydrogen (secondary N) is 1. The molecular formula is C12H17FN2O3. The van der Waals surface area contributed by atoms with E-state index in [2.05, 4.69) is 5.32 Å². The van der Waals surface area contributed by atoms with Crippen LogP contribution in [0.1, 0.15) is 5.56 Å². The summed E-state index contributed by atoms with van der Waals surface area (Å²) in [5, 5.41) is 11.3. The fourth-order valence-electron chi connectivity index (χ4n) is 1.38. The van der Waals surface area contributed by atoms with Gasteiger partial charge in [0.2, 0.25) is 0 Å². The molecule has 0 spiro atoms. The molecule has 1 aromatic rings. The number of halogens is 1. The Morgan fingerprint density at radius 1 is 1.56 bits per heavy atom. The minimum atomic E-state index is -0.465. The molecule has 0 heterocycles. The number of urea groups is 1. The van der Waals surface area contributed by atoms with E-state index < -0.39 is 5.82 Å². The summed E-state index contributed by atoms with van der Waals surface area (Å²) in [5.41, 5.74) is 0.638. The second kappa shape index (κ2) is 6.80. The van der Waals surface area contributed by atoms with Gasteiger partial charge in [-0.25, -0.2) is 9.18 Å². The van der Waals surface area contributed by atoms with Crippen LogP contribution in [0.25, 0.3) is 0 Å². The molecule has 1 rings (SSSR count). The molecule has 18 heavy (non-hydrogen) atoms. The van der Waals surface area contributed by atoms with Crippen LogP contribution in [0.4, 0.5) is 9.18 Å². The predicted octanol–water partition coefficient (Wildman–Crippen LogP) is 0.968. The van der Waals surface area contributed by atoms with Crippen molar-refractivity contribution in [2.24, 2.45) is 0 Å². The number of likely N-dealkylation sites (N-methyl/N-ethyl adjacent to an activating group) is 1. The summed E-state index contributed by atoms with van der Waals surface area (Å²) in [4.78, 5) is 12.8. The van der Waals surface area contributed by atoms with Gasteiger partial charge in [0, 0.05) is 20.1 Å². The van der Waals surface area contributed by atoms with Crippen LogP contribution < -0.4 is 10.1 Å². The number of ether oxygens (including phenoxy) is 1. The summed E-state index contributed by atoms with van der Waals surface area (Å²) in [5.74, 6) is -0.296. The fourth-order valence-corrected chi connectivity index (χ4v) is 1.38. The van der Waals surface area contributed by atoms with Crippen LogP contribution in [0.15, 0.2) is 18.2 Å². The van der Waals surface area contributed by atoms with Crippen molar-refractivity contribution in [3.8, 4) is 5.75 Å². The van der Waals surface area contributed by atoms with Crippen molar-refractivity contribution in [3.05, 3.63) is 29.6 Å². The Hall–Kier alpha value is -1.82. The first-order chi connectivity index (χ1) is 8.58. The minimum Gasteiger partial charge on any atom is -0.494 e. The first-order valence-electron chi connectivity index (χ1n) is 5.50. The third-order valence-corrected chi connectivity index (χ3v) is 2.44. The van der Waals surface area contributed by atoms with Crippen molar-refractivity contribution in [2.75, 3.05) is 27.3 Å². The van der Waals surface area contributed by atoms with Gasteiger partial charge in [0.25, 0.3) is 0 Å². The van der Waals surface area contributed by atoms with Gasteiger partial charge in [-0.1, -0.05) is 6.07 Å². The quantitative estimate of drug-likeness (QED) is 0.825. The summed E-state index contributed by atoms with van der Waals surface area (Å²) < 4.78 is 18.2. The lowest BCUT2D eigenvalue weighted by atomic mass is 10.2. The average molecular weight is 256 g/mol. The lowest BCUT2D eigenvalue weighted by Crippen LogP contribution is -2.38. The van der Waals surface area contributed by atoms with E-state index in [0.29, 0.717) is 5.56 Å². The molecule has 0 aliphatic heterocycles. The third-order valence-electron chi connectivity index (χ3n) is 2.44. The molecule has 0 saturated carbocycles. The average Bonchev–Trinajstić information content (AvgIpc) is 2.36. The van der Waals surface area contributed by atoms with Crippen molar-refractivity contribution in [1.29, 1.82) is 0 Å². The standard InChI is InChI=1S/C12H17FN2O3/c1-15(5-6-16)12(17)14-8-9-3-4-11(18-2)10(13)7-9/h3-4,7,16H,5-6,8H2,1-2H3,(H,14,17). The summed E-state index contributed by atoms with van der Waals surface area (Å²) >= 11 is 0. The molecule has 0 atom stereocenters. The fraction of sp³-hybridized carbons (Fsp3) is 0.417. The highest BCUT2D eigenvalue weighted by Gasteiger charge is 2.08. The number of rotatable bonds is 5. The van der Waals surface area contributed by atoms with Gasteiger partial charge >= 0.3 is 6.03 Å². The Bertz CT molecular complexity index is 412. The molecule has 0 aliphatic carbocycles. The maximum Gasteiger partial charge on any atom is 0.317 e. The van der Waals surface area contributed by atoms with Crippen LogP contribution in [0, 0.1) is 5.82 Å².